The van der Waals surface area contributed by atoms with E-state index in [1.807, 2.05) is 0 Å². The second kappa shape index (κ2) is 8.86. The quantitative estimate of drug-likeness (QED) is 0.369. The second-order valence-electron chi connectivity index (χ2n) is 7.32. The Morgan fingerprint density at radius 1 is 1.15 bits per heavy atom. The van der Waals surface area contributed by atoms with Crippen LogP contribution in [0.5, 0.6) is 5.75 Å². The van der Waals surface area contributed by atoms with Crippen LogP contribution in [0.1, 0.15) is 29.0 Å². The fourth-order valence-electron chi connectivity index (χ4n) is 3.68. The minimum atomic E-state index is -4.93. The van der Waals surface area contributed by atoms with Gasteiger partial charge in [0.2, 0.25) is 0 Å². The molecule has 1 heterocycles. The molecule has 1 aliphatic rings. The number of hydrogen-bond acceptors (Lipinski definition) is 5. The number of nitrogens with one attached hydrogen (secondary N) is 1. The second-order valence-corrected chi connectivity index (χ2v) is 7.32. The van der Waals surface area contributed by atoms with Crippen molar-refractivity contribution >= 4 is 5.69 Å². The third-order valence-corrected chi connectivity index (χ3v) is 5.17. The minimum Gasteiger partial charge on any atom is -0.489 e. The molecule has 0 spiro atoms. The number of non-ortho nitro benzene ring substituents is 1. The summed E-state index contributed by atoms with van der Waals surface area (Å²) in [7, 11) is 0. The standard InChI is InChI=1S/C20H14F7N3O3/c21-16-7-13(30(31)32)3-4-17(16)33-9-12-6-14(18(29-12)20(25,26)27)10-1-2-11(8-28)15(5-10)19(22,23)24/h1-5,7,12,14,18,29H,6,9H2/t12-,14?,18+/m0/s1. The predicted octanol–water partition coefficient (Wildman–Crippen LogP) is 5.08. The van der Waals surface area contributed by atoms with Crippen molar-refractivity contribution < 1.29 is 40.4 Å². The number of rotatable bonds is 5. The number of nitro groups is 1. The van der Waals surface area contributed by atoms with Crippen molar-refractivity contribution in [3.63, 3.8) is 0 Å². The molecular weight excluding hydrogens is 463 g/mol. The number of nitrogens with zero attached hydrogens (tertiary/aromatic N) is 2. The van der Waals surface area contributed by atoms with E-state index >= 15 is 0 Å². The minimum absolute atomic E-state index is 0.264. The summed E-state index contributed by atoms with van der Waals surface area (Å²) < 4.78 is 99.7. The molecule has 1 fully saturated rings. The van der Waals surface area contributed by atoms with Crippen molar-refractivity contribution in [1.82, 2.24) is 5.32 Å². The Morgan fingerprint density at radius 3 is 2.39 bits per heavy atom. The molecule has 1 N–H and O–H groups in total. The molecule has 0 aliphatic carbocycles. The molecule has 0 aromatic heterocycles. The van der Waals surface area contributed by atoms with Crippen LogP contribution in [0.25, 0.3) is 0 Å². The van der Waals surface area contributed by atoms with Crippen LogP contribution in [0.2, 0.25) is 0 Å². The van der Waals surface area contributed by atoms with Gasteiger partial charge in [-0.25, -0.2) is 4.39 Å². The number of benzene rings is 2. The molecule has 0 saturated carbocycles. The summed E-state index contributed by atoms with van der Waals surface area (Å²) >= 11 is 0. The van der Waals surface area contributed by atoms with Gasteiger partial charge in [-0.1, -0.05) is 6.07 Å². The van der Waals surface area contributed by atoms with Gasteiger partial charge in [0.05, 0.1) is 28.2 Å². The Balaban J connectivity index is 1.83. The predicted molar refractivity (Wildman–Crippen MR) is 98.8 cm³/mol. The molecule has 0 amide bonds. The van der Waals surface area contributed by atoms with E-state index in [-0.39, 0.29) is 12.0 Å². The molecule has 0 bridgehead atoms. The summed E-state index contributed by atoms with van der Waals surface area (Å²) in [5.41, 5.74) is -2.86. The van der Waals surface area contributed by atoms with E-state index < -0.39 is 70.3 Å². The van der Waals surface area contributed by atoms with Crippen LogP contribution in [0.3, 0.4) is 0 Å². The van der Waals surface area contributed by atoms with E-state index in [0.29, 0.717) is 12.1 Å². The average Bonchev–Trinajstić information content (AvgIpc) is 3.16. The Bertz CT molecular complexity index is 1100. The highest BCUT2D eigenvalue weighted by molar-refractivity contribution is 5.44. The fraction of sp³-hybridized carbons (Fsp3) is 0.350. The monoisotopic (exact) mass is 477 g/mol. The average molecular weight is 477 g/mol. The van der Waals surface area contributed by atoms with Gasteiger partial charge in [0.25, 0.3) is 5.69 Å². The van der Waals surface area contributed by atoms with Crippen molar-refractivity contribution in [1.29, 1.82) is 5.26 Å². The lowest BCUT2D eigenvalue weighted by Crippen LogP contribution is -2.44. The van der Waals surface area contributed by atoms with Gasteiger partial charge < -0.3 is 4.74 Å². The van der Waals surface area contributed by atoms with Crippen molar-refractivity contribution in [2.24, 2.45) is 0 Å². The topological polar surface area (TPSA) is 88.2 Å². The zero-order chi connectivity index (χ0) is 24.6. The van der Waals surface area contributed by atoms with E-state index in [1.54, 1.807) is 0 Å². The van der Waals surface area contributed by atoms with Crippen LogP contribution < -0.4 is 10.1 Å². The van der Waals surface area contributed by atoms with E-state index in [4.69, 9.17) is 10.00 Å². The van der Waals surface area contributed by atoms with Crippen LogP contribution in [0.15, 0.2) is 36.4 Å². The highest BCUT2D eigenvalue weighted by Gasteiger charge is 2.51. The Kier molecular flexibility index (Phi) is 6.51. The molecule has 0 radical (unpaired) electrons. The number of alkyl halides is 6. The van der Waals surface area contributed by atoms with Gasteiger partial charge in [-0.15, -0.1) is 0 Å². The molecule has 13 heteroatoms. The normalized spacial score (nSPS) is 21.0. The molecule has 2 aromatic carbocycles. The van der Waals surface area contributed by atoms with Crippen LogP contribution in [0.4, 0.5) is 36.4 Å². The highest BCUT2D eigenvalue weighted by Crippen LogP contribution is 2.42. The molecule has 3 rings (SSSR count). The number of halogens is 7. The molecule has 33 heavy (non-hydrogen) atoms. The Hall–Kier alpha value is -3.40. The summed E-state index contributed by atoms with van der Waals surface area (Å²) in [6.07, 6.45) is -10.0. The lowest BCUT2D eigenvalue weighted by Gasteiger charge is -2.23. The molecule has 3 atom stereocenters. The van der Waals surface area contributed by atoms with Gasteiger partial charge in [0.15, 0.2) is 11.6 Å². The molecule has 2 aromatic rings. The summed E-state index contributed by atoms with van der Waals surface area (Å²) in [6.45, 7) is -0.472. The molecule has 1 aliphatic heterocycles. The first-order valence-corrected chi connectivity index (χ1v) is 9.32. The zero-order valence-electron chi connectivity index (χ0n) is 16.4. The maximum Gasteiger partial charge on any atom is 0.417 e. The molecule has 1 saturated heterocycles. The number of nitriles is 1. The molecular formula is C20H14F7N3O3. The Morgan fingerprint density at radius 2 is 1.85 bits per heavy atom. The van der Waals surface area contributed by atoms with Crippen LogP contribution >= 0.6 is 0 Å². The number of nitro benzene ring substituents is 1. The van der Waals surface area contributed by atoms with Gasteiger partial charge in [-0.2, -0.15) is 31.6 Å². The van der Waals surface area contributed by atoms with E-state index in [1.165, 1.54) is 6.07 Å². The lowest BCUT2D eigenvalue weighted by molar-refractivity contribution is -0.385. The van der Waals surface area contributed by atoms with Gasteiger partial charge >= 0.3 is 12.4 Å². The fourth-order valence-corrected chi connectivity index (χ4v) is 3.68. The largest absolute Gasteiger partial charge is 0.489 e. The smallest absolute Gasteiger partial charge is 0.417 e. The molecule has 176 valence electrons. The van der Waals surface area contributed by atoms with Crippen molar-refractivity contribution in [3.8, 4) is 11.8 Å². The van der Waals surface area contributed by atoms with Gasteiger partial charge in [-0.3, -0.25) is 15.4 Å². The molecule has 1 unspecified atom stereocenters. The summed E-state index contributed by atoms with van der Waals surface area (Å²) in [5.74, 6) is -2.94. The van der Waals surface area contributed by atoms with E-state index in [9.17, 15) is 40.8 Å². The van der Waals surface area contributed by atoms with Crippen molar-refractivity contribution in [3.05, 3.63) is 69.0 Å². The van der Waals surface area contributed by atoms with Gasteiger partial charge in [-0.05, 0) is 30.2 Å². The first-order valence-electron chi connectivity index (χ1n) is 9.32. The number of ether oxygens (including phenoxy) is 1. The first-order chi connectivity index (χ1) is 15.3. The maximum atomic E-state index is 14.0. The van der Waals surface area contributed by atoms with E-state index in [0.717, 1.165) is 24.3 Å². The zero-order valence-corrected chi connectivity index (χ0v) is 16.4. The summed E-state index contributed by atoms with van der Waals surface area (Å²) in [4.78, 5) is 9.82. The Labute approximate surface area is 181 Å². The number of hydrogen-bond donors (Lipinski definition) is 1. The third kappa shape index (κ3) is 5.33. The third-order valence-electron chi connectivity index (χ3n) is 5.17. The van der Waals surface area contributed by atoms with E-state index in [2.05, 4.69) is 5.32 Å². The lowest BCUT2D eigenvalue weighted by atomic mass is 9.88. The van der Waals surface area contributed by atoms with Gasteiger partial charge in [0.1, 0.15) is 12.6 Å². The first kappa shape index (κ1) is 24.2. The van der Waals surface area contributed by atoms with Crippen molar-refractivity contribution in [2.75, 3.05) is 6.61 Å². The van der Waals surface area contributed by atoms with Crippen LogP contribution in [0, 0.1) is 27.3 Å². The van der Waals surface area contributed by atoms with Crippen LogP contribution in [-0.4, -0.2) is 29.8 Å². The van der Waals surface area contributed by atoms with Gasteiger partial charge in [0, 0.05) is 18.0 Å². The maximum absolute atomic E-state index is 14.0. The SMILES string of the molecule is N#Cc1ccc(C2C[C@@H](COc3ccc([N+](=O)[O-])cc3F)N[C@H]2C(F)(F)F)cc1C(F)(F)F. The summed E-state index contributed by atoms with van der Waals surface area (Å²) in [6, 6.07) is 3.04. The highest BCUT2D eigenvalue weighted by atomic mass is 19.4. The van der Waals surface area contributed by atoms with Crippen LogP contribution in [-0.2, 0) is 6.18 Å². The summed E-state index contributed by atoms with van der Waals surface area (Å²) in [5, 5.41) is 21.8. The molecule has 6 nitrogen and oxygen atoms in total. The van der Waals surface area contributed by atoms with Crippen molar-refractivity contribution in [2.45, 2.75) is 36.8 Å².